The van der Waals surface area contributed by atoms with E-state index in [1.54, 1.807) is 13.2 Å². The molecule has 4 heteroatoms. The quantitative estimate of drug-likeness (QED) is 0.902. The van der Waals surface area contributed by atoms with Gasteiger partial charge in [0, 0.05) is 0 Å². The molecule has 1 N–H and O–H groups in total. The smallest absolute Gasteiger partial charge is 0.137 e. The lowest BCUT2D eigenvalue weighted by atomic mass is 9.97. The lowest BCUT2D eigenvalue weighted by Crippen LogP contribution is -2.18. The Bertz CT molecular complexity index is 615. The van der Waals surface area contributed by atoms with Gasteiger partial charge in [-0.25, -0.2) is 4.39 Å². The minimum Gasteiger partial charge on any atom is -0.496 e. The number of nitrogens with one attached hydrogen (secondary N) is 1. The van der Waals surface area contributed by atoms with E-state index in [0.29, 0.717) is 4.47 Å². The van der Waals surface area contributed by atoms with E-state index < -0.39 is 0 Å². The van der Waals surface area contributed by atoms with Crippen LogP contribution in [0.5, 0.6) is 5.75 Å². The summed E-state index contributed by atoms with van der Waals surface area (Å²) in [4.78, 5) is 0. The Kier molecular flexibility index (Phi) is 4.78. The number of ether oxygens (including phenoxy) is 1. The van der Waals surface area contributed by atoms with Gasteiger partial charge in [-0.3, -0.25) is 0 Å². The Morgan fingerprint density at radius 1 is 1.25 bits per heavy atom. The highest BCUT2D eigenvalue weighted by molar-refractivity contribution is 9.10. The molecule has 2 rings (SSSR count). The second-order valence-electron chi connectivity index (χ2n) is 4.59. The molecule has 0 aromatic heterocycles. The summed E-state index contributed by atoms with van der Waals surface area (Å²) < 4.78 is 19.5. The number of hydrogen-bond acceptors (Lipinski definition) is 2. The Balaban J connectivity index is 2.47. The number of methoxy groups -OCH3 is 1. The van der Waals surface area contributed by atoms with Gasteiger partial charge in [0.05, 0.1) is 17.6 Å². The highest BCUT2D eigenvalue weighted by atomic mass is 79.9. The van der Waals surface area contributed by atoms with Crippen molar-refractivity contribution in [1.29, 1.82) is 0 Å². The lowest BCUT2D eigenvalue weighted by Gasteiger charge is -2.20. The minimum atomic E-state index is -0.256. The van der Waals surface area contributed by atoms with Gasteiger partial charge in [0.2, 0.25) is 0 Å². The molecule has 2 nitrogen and oxygen atoms in total. The first-order valence-corrected chi connectivity index (χ1v) is 7.13. The maximum Gasteiger partial charge on any atom is 0.137 e. The molecule has 0 aliphatic carbocycles. The monoisotopic (exact) mass is 337 g/mol. The Labute approximate surface area is 127 Å². The first-order chi connectivity index (χ1) is 9.58. The van der Waals surface area contributed by atoms with Crippen molar-refractivity contribution in [3.63, 3.8) is 0 Å². The Morgan fingerprint density at radius 3 is 2.60 bits per heavy atom. The van der Waals surface area contributed by atoms with Crippen LogP contribution in [0.25, 0.3) is 0 Å². The number of benzene rings is 2. The van der Waals surface area contributed by atoms with Crippen molar-refractivity contribution < 1.29 is 9.13 Å². The fourth-order valence-electron chi connectivity index (χ4n) is 2.33. The van der Waals surface area contributed by atoms with E-state index in [0.717, 1.165) is 22.4 Å². The summed E-state index contributed by atoms with van der Waals surface area (Å²) in [6.07, 6.45) is 0. The summed E-state index contributed by atoms with van der Waals surface area (Å²) in [7, 11) is 3.52. The van der Waals surface area contributed by atoms with Crippen LogP contribution in [0.1, 0.15) is 22.7 Å². The van der Waals surface area contributed by atoms with Crippen molar-refractivity contribution in [3.8, 4) is 5.75 Å². The van der Waals surface area contributed by atoms with Crippen LogP contribution in [0.15, 0.2) is 40.9 Å². The largest absolute Gasteiger partial charge is 0.496 e. The van der Waals surface area contributed by atoms with Crippen molar-refractivity contribution in [2.75, 3.05) is 14.2 Å². The van der Waals surface area contributed by atoms with Gasteiger partial charge in [-0.1, -0.05) is 24.3 Å². The van der Waals surface area contributed by atoms with Gasteiger partial charge in [0.1, 0.15) is 11.6 Å². The maximum absolute atomic E-state index is 13.7. The lowest BCUT2D eigenvalue weighted by molar-refractivity contribution is 0.411. The van der Waals surface area contributed by atoms with Gasteiger partial charge in [0.15, 0.2) is 0 Å². The molecule has 0 saturated carbocycles. The summed E-state index contributed by atoms with van der Waals surface area (Å²) in [6, 6.07) is 11.0. The summed E-state index contributed by atoms with van der Waals surface area (Å²) in [5, 5.41) is 3.23. The van der Waals surface area contributed by atoms with E-state index in [9.17, 15) is 4.39 Å². The summed E-state index contributed by atoms with van der Waals surface area (Å²) in [6.45, 7) is 2.00. The third-order valence-corrected chi connectivity index (χ3v) is 4.17. The van der Waals surface area contributed by atoms with Gasteiger partial charge in [-0.15, -0.1) is 0 Å². The molecule has 1 unspecified atom stereocenters. The van der Waals surface area contributed by atoms with Crippen molar-refractivity contribution in [1.82, 2.24) is 5.32 Å². The van der Waals surface area contributed by atoms with Crippen LogP contribution < -0.4 is 10.1 Å². The molecule has 0 saturated heterocycles. The van der Waals surface area contributed by atoms with Crippen molar-refractivity contribution >= 4 is 15.9 Å². The highest BCUT2D eigenvalue weighted by Crippen LogP contribution is 2.32. The van der Waals surface area contributed by atoms with Gasteiger partial charge in [0.25, 0.3) is 0 Å². The summed E-state index contributed by atoms with van der Waals surface area (Å²) >= 11 is 3.33. The Hall–Kier alpha value is -1.39. The molecule has 0 radical (unpaired) electrons. The Morgan fingerprint density at radius 2 is 2.00 bits per heavy atom. The van der Waals surface area contributed by atoms with E-state index >= 15 is 0 Å². The number of hydrogen-bond donors (Lipinski definition) is 1. The molecule has 20 heavy (non-hydrogen) atoms. The molecular formula is C16H17BrFNO. The van der Waals surface area contributed by atoms with Gasteiger partial charge in [-0.05, 0) is 58.7 Å². The molecule has 106 valence electrons. The van der Waals surface area contributed by atoms with Crippen molar-refractivity contribution in [2.45, 2.75) is 13.0 Å². The molecule has 0 fully saturated rings. The standard InChI is InChI=1S/C16H17BrFNO/c1-10-9-11(7-8-14(10)20-3)16(19-2)12-5-4-6-13(18)15(12)17/h4-9,16,19H,1-3H3. The van der Waals surface area contributed by atoms with Crippen LogP contribution in [-0.4, -0.2) is 14.2 Å². The van der Waals surface area contributed by atoms with Crippen LogP contribution >= 0.6 is 15.9 Å². The normalized spacial score (nSPS) is 12.2. The van der Waals surface area contributed by atoms with Crippen LogP contribution in [0.2, 0.25) is 0 Å². The first-order valence-electron chi connectivity index (χ1n) is 6.34. The van der Waals surface area contributed by atoms with E-state index in [1.807, 2.05) is 32.2 Å². The fraction of sp³-hybridized carbons (Fsp3) is 0.250. The predicted molar refractivity (Wildman–Crippen MR) is 82.7 cm³/mol. The van der Waals surface area contributed by atoms with Gasteiger partial charge < -0.3 is 10.1 Å². The highest BCUT2D eigenvalue weighted by Gasteiger charge is 2.17. The molecule has 0 aliphatic rings. The van der Waals surface area contributed by atoms with E-state index in [1.165, 1.54) is 6.07 Å². The predicted octanol–water partition coefficient (Wildman–Crippen LogP) is 4.21. The zero-order chi connectivity index (χ0) is 14.7. The van der Waals surface area contributed by atoms with Crippen molar-refractivity contribution in [3.05, 3.63) is 63.4 Å². The second-order valence-corrected chi connectivity index (χ2v) is 5.39. The summed E-state index contributed by atoms with van der Waals surface area (Å²) in [5.41, 5.74) is 2.99. The third kappa shape index (κ3) is 2.86. The number of aryl methyl sites for hydroxylation is 1. The molecular weight excluding hydrogens is 321 g/mol. The molecule has 0 bridgehead atoms. The molecule has 0 spiro atoms. The molecule has 1 atom stereocenters. The zero-order valence-electron chi connectivity index (χ0n) is 11.7. The topological polar surface area (TPSA) is 21.3 Å². The second kappa shape index (κ2) is 6.37. The van der Waals surface area contributed by atoms with Crippen molar-refractivity contribution in [2.24, 2.45) is 0 Å². The molecule has 0 amide bonds. The first kappa shape index (κ1) is 15.0. The fourth-order valence-corrected chi connectivity index (χ4v) is 2.82. The average Bonchev–Trinajstić information content (AvgIpc) is 2.44. The van der Waals surface area contributed by atoms with Gasteiger partial charge in [-0.2, -0.15) is 0 Å². The zero-order valence-corrected chi connectivity index (χ0v) is 13.3. The maximum atomic E-state index is 13.7. The molecule has 0 heterocycles. The van der Waals surface area contributed by atoms with Crippen LogP contribution in [0.4, 0.5) is 4.39 Å². The molecule has 2 aromatic rings. The van der Waals surface area contributed by atoms with Crippen LogP contribution in [0.3, 0.4) is 0 Å². The number of halogens is 2. The summed E-state index contributed by atoms with van der Waals surface area (Å²) in [5.74, 6) is 0.592. The molecule has 2 aromatic carbocycles. The average molecular weight is 338 g/mol. The molecule has 0 aliphatic heterocycles. The van der Waals surface area contributed by atoms with Crippen LogP contribution in [0, 0.1) is 12.7 Å². The van der Waals surface area contributed by atoms with Crippen LogP contribution in [-0.2, 0) is 0 Å². The van der Waals surface area contributed by atoms with E-state index in [-0.39, 0.29) is 11.9 Å². The van der Waals surface area contributed by atoms with E-state index in [4.69, 9.17) is 4.74 Å². The number of rotatable bonds is 4. The minimum absolute atomic E-state index is 0.0790. The van der Waals surface area contributed by atoms with Gasteiger partial charge >= 0.3 is 0 Å². The van der Waals surface area contributed by atoms with E-state index in [2.05, 4.69) is 27.3 Å². The third-order valence-electron chi connectivity index (χ3n) is 3.33. The SMILES string of the molecule is CNC(c1ccc(OC)c(C)c1)c1cccc(F)c1Br.